The van der Waals surface area contributed by atoms with Gasteiger partial charge in [-0.2, -0.15) is 0 Å². The minimum atomic E-state index is -0.542. The standard InChI is InChI=1S/C19H19FN6O/c1-13-6-7-21-17(10-13)26-18-11-16(24-12-25-18)22-8-9-23-19(27)14-4-2-3-5-15(14)20/h2-7,10-12H,8-9H2,1H3,(H,23,27)(H2,21,22,24,25,26). The Labute approximate surface area is 156 Å². The Kier molecular flexibility index (Phi) is 5.88. The van der Waals surface area contributed by atoms with E-state index >= 15 is 0 Å². The van der Waals surface area contributed by atoms with Gasteiger partial charge < -0.3 is 16.0 Å². The minimum absolute atomic E-state index is 0.0247. The molecule has 1 aromatic carbocycles. The molecule has 0 aliphatic heterocycles. The molecule has 0 saturated carbocycles. The molecule has 7 nitrogen and oxygen atoms in total. The molecule has 0 radical (unpaired) electrons. The van der Waals surface area contributed by atoms with Gasteiger partial charge in [0, 0.05) is 25.4 Å². The Morgan fingerprint density at radius 1 is 1.00 bits per heavy atom. The molecule has 0 spiro atoms. The number of rotatable bonds is 7. The maximum absolute atomic E-state index is 13.6. The van der Waals surface area contributed by atoms with Gasteiger partial charge in [-0.25, -0.2) is 19.3 Å². The molecule has 0 aliphatic carbocycles. The van der Waals surface area contributed by atoms with Gasteiger partial charge in [0.15, 0.2) is 0 Å². The molecule has 3 rings (SSSR count). The van der Waals surface area contributed by atoms with Crippen LogP contribution in [0.4, 0.5) is 21.8 Å². The molecule has 0 aliphatic rings. The predicted molar refractivity (Wildman–Crippen MR) is 102 cm³/mol. The number of benzene rings is 1. The van der Waals surface area contributed by atoms with Gasteiger partial charge in [0.1, 0.15) is 29.6 Å². The summed E-state index contributed by atoms with van der Waals surface area (Å²) in [6.07, 6.45) is 3.15. The molecule has 8 heteroatoms. The Morgan fingerprint density at radius 2 is 1.78 bits per heavy atom. The SMILES string of the molecule is Cc1ccnc(Nc2cc(NCCNC(=O)c3ccccc3F)ncn2)c1. The smallest absolute Gasteiger partial charge is 0.254 e. The summed E-state index contributed by atoms with van der Waals surface area (Å²) in [6.45, 7) is 2.73. The quantitative estimate of drug-likeness (QED) is 0.557. The van der Waals surface area contributed by atoms with E-state index in [-0.39, 0.29) is 5.56 Å². The van der Waals surface area contributed by atoms with E-state index in [1.807, 2.05) is 19.1 Å². The van der Waals surface area contributed by atoms with Crippen LogP contribution in [0.15, 0.2) is 55.0 Å². The van der Waals surface area contributed by atoms with Crippen LogP contribution in [0.3, 0.4) is 0 Å². The Morgan fingerprint density at radius 3 is 2.59 bits per heavy atom. The molecule has 1 amide bonds. The predicted octanol–water partition coefficient (Wildman–Crippen LogP) is 2.90. The van der Waals surface area contributed by atoms with Crippen molar-refractivity contribution in [2.45, 2.75) is 6.92 Å². The van der Waals surface area contributed by atoms with Crippen molar-refractivity contribution in [1.82, 2.24) is 20.3 Å². The number of aromatic nitrogens is 3. The van der Waals surface area contributed by atoms with Gasteiger partial charge in [-0.1, -0.05) is 12.1 Å². The number of carbonyl (C=O) groups excluding carboxylic acids is 1. The molecular weight excluding hydrogens is 347 g/mol. The van der Waals surface area contributed by atoms with Crippen molar-refractivity contribution in [3.05, 3.63) is 71.9 Å². The normalized spacial score (nSPS) is 10.3. The van der Waals surface area contributed by atoms with Crippen molar-refractivity contribution < 1.29 is 9.18 Å². The van der Waals surface area contributed by atoms with Gasteiger partial charge in [-0.15, -0.1) is 0 Å². The van der Waals surface area contributed by atoms with Crippen LogP contribution in [0.1, 0.15) is 15.9 Å². The fourth-order valence-corrected chi connectivity index (χ4v) is 2.37. The Bertz CT molecular complexity index is 933. The van der Waals surface area contributed by atoms with Crippen LogP contribution >= 0.6 is 0 Å². The summed E-state index contributed by atoms with van der Waals surface area (Å²) in [5, 5.41) is 8.85. The molecule has 0 fully saturated rings. The van der Waals surface area contributed by atoms with Gasteiger partial charge in [-0.05, 0) is 36.8 Å². The Hall–Kier alpha value is -3.55. The van der Waals surface area contributed by atoms with E-state index in [2.05, 4.69) is 30.9 Å². The number of halogens is 1. The molecule has 2 aromatic heterocycles. The van der Waals surface area contributed by atoms with Crippen molar-refractivity contribution in [2.24, 2.45) is 0 Å². The third kappa shape index (κ3) is 5.21. The van der Waals surface area contributed by atoms with E-state index in [4.69, 9.17) is 0 Å². The average molecular weight is 366 g/mol. The fourth-order valence-electron chi connectivity index (χ4n) is 2.37. The van der Waals surface area contributed by atoms with E-state index < -0.39 is 11.7 Å². The summed E-state index contributed by atoms with van der Waals surface area (Å²) in [6, 6.07) is 11.4. The second-order valence-electron chi connectivity index (χ2n) is 5.79. The van der Waals surface area contributed by atoms with Crippen molar-refractivity contribution in [2.75, 3.05) is 23.7 Å². The largest absolute Gasteiger partial charge is 0.368 e. The molecule has 3 aromatic rings. The highest BCUT2D eigenvalue weighted by atomic mass is 19.1. The lowest BCUT2D eigenvalue weighted by Gasteiger charge is -2.09. The zero-order valence-electron chi connectivity index (χ0n) is 14.7. The van der Waals surface area contributed by atoms with E-state index in [1.165, 1.54) is 18.5 Å². The van der Waals surface area contributed by atoms with Crippen molar-refractivity contribution in [3.63, 3.8) is 0 Å². The first-order valence-corrected chi connectivity index (χ1v) is 8.40. The maximum Gasteiger partial charge on any atom is 0.254 e. The monoisotopic (exact) mass is 366 g/mol. The molecule has 27 heavy (non-hydrogen) atoms. The zero-order chi connectivity index (χ0) is 19.1. The van der Waals surface area contributed by atoms with Gasteiger partial charge >= 0.3 is 0 Å². The number of hydrogen-bond donors (Lipinski definition) is 3. The minimum Gasteiger partial charge on any atom is -0.368 e. The highest BCUT2D eigenvalue weighted by Crippen LogP contribution is 2.14. The molecule has 0 saturated heterocycles. The van der Waals surface area contributed by atoms with Gasteiger partial charge in [0.05, 0.1) is 5.56 Å². The summed E-state index contributed by atoms with van der Waals surface area (Å²) in [4.78, 5) is 24.5. The van der Waals surface area contributed by atoms with E-state index in [9.17, 15) is 9.18 Å². The number of pyridine rings is 1. The number of nitrogens with zero attached hydrogens (tertiary/aromatic N) is 3. The molecule has 2 heterocycles. The molecule has 138 valence electrons. The number of anilines is 3. The van der Waals surface area contributed by atoms with Crippen LogP contribution in [0.2, 0.25) is 0 Å². The lowest BCUT2D eigenvalue weighted by molar-refractivity contribution is 0.0951. The number of nitrogens with one attached hydrogen (secondary N) is 3. The van der Waals surface area contributed by atoms with E-state index in [0.717, 1.165) is 5.56 Å². The van der Waals surface area contributed by atoms with Crippen LogP contribution < -0.4 is 16.0 Å². The molecule has 3 N–H and O–H groups in total. The summed E-state index contributed by atoms with van der Waals surface area (Å²) < 4.78 is 13.6. The van der Waals surface area contributed by atoms with Gasteiger partial charge in [-0.3, -0.25) is 4.79 Å². The summed E-state index contributed by atoms with van der Waals surface area (Å²) in [5.41, 5.74) is 1.11. The van der Waals surface area contributed by atoms with Crippen molar-refractivity contribution in [1.29, 1.82) is 0 Å². The van der Waals surface area contributed by atoms with E-state index in [0.29, 0.717) is 30.5 Å². The van der Waals surface area contributed by atoms with Crippen molar-refractivity contribution in [3.8, 4) is 0 Å². The highest BCUT2D eigenvalue weighted by molar-refractivity contribution is 5.94. The van der Waals surface area contributed by atoms with Crippen LogP contribution in [0, 0.1) is 12.7 Å². The first-order valence-electron chi connectivity index (χ1n) is 8.40. The number of aryl methyl sites for hydroxylation is 1. The van der Waals surface area contributed by atoms with Crippen LogP contribution in [-0.2, 0) is 0 Å². The molecular formula is C19H19FN6O. The topological polar surface area (TPSA) is 91.8 Å². The number of hydrogen-bond acceptors (Lipinski definition) is 6. The van der Waals surface area contributed by atoms with Gasteiger partial charge in [0.25, 0.3) is 5.91 Å². The summed E-state index contributed by atoms with van der Waals surface area (Å²) >= 11 is 0. The maximum atomic E-state index is 13.6. The van der Waals surface area contributed by atoms with Gasteiger partial charge in [0.2, 0.25) is 0 Å². The molecule has 0 bridgehead atoms. The Balaban J connectivity index is 1.50. The summed E-state index contributed by atoms with van der Waals surface area (Å²) in [5.74, 6) is 0.891. The number of carbonyl (C=O) groups is 1. The van der Waals surface area contributed by atoms with Crippen LogP contribution in [0.5, 0.6) is 0 Å². The third-order valence-corrected chi connectivity index (χ3v) is 3.67. The third-order valence-electron chi connectivity index (χ3n) is 3.67. The first-order chi connectivity index (χ1) is 13.1. The fraction of sp³-hybridized carbons (Fsp3) is 0.158. The molecule has 0 atom stereocenters. The van der Waals surface area contributed by atoms with Crippen LogP contribution in [0.25, 0.3) is 0 Å². The van der Waals surface area contributed by atoms with Crippen LogP contribution in [-0.4, -0.2) is 33.9 Å². The second-order valence-corrected chi connectivity index (χ2v) is 5.79. The molecule has 0 unspecified atom stereocenters. The van der Waals surface area contributed by atoms with Crippen molar-refractivity contribution >= 4 is 23.4 Å². The lowest BCUT2D eigenvalue weighted by Crippen LogP contribution is -2.29. The zero-order valence-corrected chi connectivity index (χ0v) is 14.7. The second kappa shape index (κ2) is 8.70. The summed E-state index contributed by atoms with van der Waals surface area (Å²) in [7, 11) is 0. The average Bonchev–Trinajstić information content (AvgIpc) is 2.66. The van der Waals surface area contributed by atoms with E-state index in [1.54, 1.807) is 24.4 Å². The lowest BCUT2D eigenvalue weighted by atomic mass is 10.2. The number of amides is 1. The first kappa shape index (κ1) is 18.2. The highest BCUT2D eigenvalue weighted by Gasteiger charge is 2.09.